The Bertz CT molecular complexity index is 745. The van der Waals surface area contributed by atoms with E-state index in [0.29, 0.717) is 12.0 Å². The first-order chi connectivity index (χ1) is 11.5. The van der Waals surface area contributed by atoms with Gasteiger partial charge in [-0.2, -0.15) is 0 Å². The number of hydrogen-bond donors (Lipinski definition) is 2. The third-order valence-electron chi connectivity index (χ3n) is 4.20. The number of carbonyl (C=O) groups excluding carboxylic acids is 1. The molecule has 0 bridgehead atoms. The van der Waals surface area contributed by atoms with Crippen LogP contribution in [0, 0.1) is 23.4 Å². The maximum atomic E-state index is 13.7. The maximum absolute atomic E-state index is 13.7. The van der Waals surface area contributed by atoms with Crippen LogP contribution in [-0.4, -0.2) is 17.6 Å². The molecule has 2 N–H and O–H groups in total. The fourth-order valence-electron chi connectivity index (χ4n) is 2.83. The summed E-state index contributed by atoms with van der Waals surface area (Å²) in [5.41, 5.74) is 0.283. The van der Waals surface area contributed by atoms with Crippen molar-refractivity contribution in [2.75, 3.05) is 6.54 Å². The van der Waals surface area contributed by atoms with Crippen molar-refractivity contribution < 1.29 is 23.1 Å². The summed E-state index contributed by atoms with van der Waals surface area (Å²) in [6.45, 7) is -0.0920. The Morgan fingerprint density at radius 2 is 1.83 bits per heavy atom. The largest absolute Gasteiger partial charge is 0.387 e. The van der Waals surface area contributed by atoms with Gasteiger partial charge in [-0.25, -0.2) is 13.2 Å². The van der Waals surface area contributed by atoms with E-state index in [4.69, 9.17) is 0 Å². The van der Waals surface area contributed by atoms with Crippen LogP contribution in [0.2, 0.25) is 0 Å². The van der Waals surface area contributed by atoms with Crippen molar-refractivity contribution in [3.8, 4) is 0 Å². The lowest BCUT2D eigenvalue weighted by atomic mass is 10.1. The molecule has 0 spiro atoms. The topological polar surface area (TPSA) is 49.3 Å². The molecule has 0 aromatic heterocycles. The first-order valence-corrected chi connectivity index (χ1v) is 7.62. The molecule has 1 fully saturated rings. The molecule has 3 nitrogen and oxygen atoms in total. The zero-order valence-corrected chi connectivity index (χ0v) is 12.7. The van der Waals surface area contributed by atoms with Crippen LogP contribution in [-0.2, 0) is 4.79 Å². The molecule has 0 heterocycles. The van der Waals surface area contributed by atoms with Crippen LogP contribution in [0.1, 0.15) is 29.6 Å². The molecule has 126 valence electrons. The van der Waals surface area contributed by atoms with E-state index in [1.54, 1.807) is 6.07 Å². The standard InChI is InChI=1S/C18H16F3NO2/c19-11-4-1-3-10(7-11)16(23)9-22-18(24)13-8-12(13)17-14(20)5-2-6-15(17)21/h1-7,12-13,16,23H,8-9H2,(H,22,24)/t12-,13+,16+/m1/s1. The average Bonchev–Trinajstić information content (AvgIpc) is 3.32. The first kappa shape index (κ1) is 16.5. The number of carbonyl (C=O) groups is 1. The minimum Gasteiger partial charge on any atom is -0.387 e. The molecule has 24 heavy (non-hydrogen) atoms. The molecule has 0 radical (unpaired) electrons. The fraction of sp³-hybridized carbons (Fsp3) is 0.278. The fourth-order valence-corrected chi connectivity index (χ4v) is 2.83. The predicted molar refractivity (Wildman–Crippen MR) is 81.6 cm³/mol. The molecular formula is C18H16F3NO2. The lowest BCUT2D eigenvalue weighted by molar-refractivity contribution is -0.122. The summed E-state index contributed by atoms with van der Waals surface area (Å²) in [5.74, 6) is -3.17. The van der Waals surface area contributed by atoms with Crippen molar-refractivity contribution >= 4 is 5.91 Å². The Morgan fingerprint density at radius 3 is 2.50 bits per heavy atom. The van der Waals surface area contributed by atoms with Gasteiger partial charge in [0.25, 0.3) is 0 Å². The minimum atomic E-state index is -1.05. The second-order valence-electron chi connectivity index (χ2n) is 5.90. The van der Waals surface area contributed by atoms with Gasteiger partial charge in [0, 0.05) is 23.9 Å². The molecule has 3 atom stereocenters. The molecule has 0 unspecified atom stereocenters. The van der Waals surface area contributed by atoms with Crippen molar-refractivity contribution in [1.82, 2.24) is 5.32 Å². The molecular weight excluding hydrogens is 319 g/mol. The summed E-state index contributed by atoms with van der Waals surface area (Å²) in [5, 5.41) is 12.5. The molecule has 1 saturated carbocycles. The Balaban J connectivity index is 1.57. The van der Waals surface area contributed by atoms with Crippen molar-refractivity contribution in [2.45, 2.75) is 18.4 Å². The monoisotopic (exact) mass is 335 g/mol. The van der Waals surface area contributed by atoms with E-state index in [9.17, 15) is 23.1 Å². The van der Waals surface area contributed by atoms with Crippen LogP contribution in [0.15, 0.2) is 42.5 Å². The average molecular weight is 335 g/mol. The molecule has 1 aliphatic rings. The van der Waals surface area contributed by atoms with Gasteiger partial charge in [0.15, 0.2) is 0 Å². The number of halogens is 3. The molecule has 2 aromatic rings. The third kappa shape index (κ3) is 3.43. The smallest absolute Gasteiger partial charge is 0.223 e. The molecule has 1 amide bonds. The van der Waals surface area contributed by atoms with Crippen LogP contribution < -0.4 is 5.32 Å². The van der Waals surface area contributed by atoms with E-state index >= 15 is 0 Å². The molecule has 3 rings (SSSR count). The number of rotatable bonds is 5. The second kappa shape index (κ2) is 6.65. The van der Waals surface area contributed by atoms with Gasteiger partial charge in [-0.05, 0) is 36.2 Å². The highest BCUT2D eigenvalue weighted by Gasteiger charge is 2.46. The van der Waals surface area contributed by atoms with Gasteiger partial charge >= 0.3 is 0 Å². The minimum absolute atomic E-state index is 0.0664. The summed E-state index contributed by atoms with van der Waals surface area (Å²) in [7, 11) is 0. The summed E-state index contributed by atoms with van der Waals surface area (Å²) in [4.78, 5) is 12.1. The van der Waals surface area contributed by atoms with E-state index in [-0.39, 0.29) is 18.0 Å². The second-order valence-corrected chi connectivity index (χ2v) is 5.90. The van der Waals surface area contributed by atoms with E-state index in [2.05, 4.69) is 5.32 Å². The van der Waals surface area contributed by atoms with Crippen molar-refractivity contribution in [3.63, 3.8) is 0 Å². The van der Waals surface area contributed by atoms with Gasteiger partial charge < -0.3 is 10.4 Å². The van der Waals surface area contributed by atoms with Gasteiger partial charge in [0.1, 0.15) is 17.5 Å². The quantitative estimate of drug-likeness (QED) is 0.882. The lowest BCUT2D eigenvalue weighted by Crippen LogP contribution is -2.30. The predicted octanol–water partition coefficient (Wildman–Crippen LogP) is 3.06. The van der Waals surface area contributed by atoms with E-state index in [1.165, 1.54) is 36.4 Å². The van der Waals surface area contributed by atoms with Gasteiger partial charge in [-0.3, -0.25) is 4.79 Å². The van der Waals surface area contributed by atoms with Crippen LogP contribution in [0.25, 0.3) is 0 Å². The summed E-state index contributed by atoms with van der Waals surface area (Å²) < 4.78 is 40.5. The number of benzene rings is 2. The van der Waals surface area contributed by atoms with E-state index in [1.807, 2.05) is 0 Å². The Morgan fingerprint density at radius 1 is 1.17 bits per heavy atom. The van der Waals surface area contributed by atoms with Gasteiger partial charge in [0.05, 0.1) is 6.10 Å². The van der Waals surface area contributed by atoms with Crippen LogP contribution in [0.3, 0.4) is 0 Å². The van der Waals surface area contributed by atoms with E-state index < -0.39 is 35.4 Å². The van der Waals surface area contributed by atoms with Gasteiger partial charge in [0.2, 0.25) is 5.91 Å². The maximum Gasteiger partial charge on any atom is 0.223 e. The molecule has 1 aliphatic carbocycles. The summed E-state index contributed by atoms with van der Waals surface area (Å²) >= 11 is 0. The molecule has 6 heteroatoms. The number of hydrogen-bond acceptors (Lipinski definition) is 2. The highest BCUT2D eigenvalue weighted by Crippen LogP contribution is 2.49. The third-order valence-corrected chi connectivity index (χ3v) is 4.20. The van der Waals surface area contributed by atoms with Crippen molar-refractivity contribution in [3.05, 3.63) is 71.0 Å². The highest BCUT2D eigenvalue weighted by molar-refractivity contribution is 5.83. The van der Waals surface area contributed by atoms with Crippen molar-refractivity contribution in [2.24, 2.45) is 5.92 Å². The SMILES string of the molecule is O=C(NC[C@H](O)c1cccc(F)c1)[C@H]1C[C@H]1c1c(F)cccc1F. The first-order valence-electron chi connectivity index (χ1n) is 7.62. The van der Waals surface area contributed by atoms with Crippen LogP contribution in [0.4, 0.5) is 13.2 Å². The summed E-state index contributed by atoms with van der Waals surface area (Å²) in [6.07, 6.45) is -0.688. The molecule has 0 aliphatic heterocycles. The number of amides is 1. The molecule has 0 saturated heterocycles. The lowest BCUT2D eigenvalue weighted by Gasteiger charge is -2.12. The Kier molecular flexibility index (Phi) is 4.57. The van der Waals surface area contributed by atoms with Crippen molar-refractivity contribution in [1.29, 1.82) is 0 Å². The van der Waals surface area contributed by atoms with Gasteiger partial charge in [-0.1, -0.05) is 18.2 Å². The Labute approximate surface area is 137 Å². The van der Waals surface area contributed by atoms with Gasteiger partial charge in [-0.15, -0.1) is 0 Å². The van der Waals surface area contributed by atoms with Crippen LogP contribution in [0.5, 0.6) is 0 Å². The number of nitrogens with one attached hydrogen (secondary N) is 1. The van der Waals surface area contributed by atoms with E-state index in [0.717, 1.165) is 0 Å². The zero-order chi connectivity index (χ0) is 17.3. The molecule has 2 aromatic carbocycles. The Hall–Kier alpha value is -2.34. The summed E-state index contributed by atoms with van der Waals surface area (Å²) in [6, 6.07) is 9.07. The number of aliphatic hydroxyl groups excluding tert-OH is 1. The van der Waals surface area contributed by atoms with Crippen LogP contribution >= 0.6 is 0 Å². The highest BCUT2D eigenvalue weighted by atomic mass is 19.1. The normalized spacial score (nSPS) is 20.5. The number of aliphatic hydroxyl groups is 1. The zero-order valence-electron chi connectivity index (χ0n) is 12.7.